The van der Waals surface area contributed by atoms with Gasteiger partial charge in [0, 0.05) is 7.05 Å². The Hall–Kier alpha value is -1.89. The first-order valence-electron chi connectivity index (χ1n) is 4.08. The first-order valence-corrected chi connectivity index (χ1v) is 4.08. The van der Waals surface area contributed by atoms with Gasteiger partial charge in [0.15, 0.2) is 5.69 Å². The molecule has 1 aromatic heterocycles. The summed E-state index contributed by atoms with van der Waals surface area (Å²) in [5, 5.41) is 12.5. The summed E-state index contributed by atoms with van der Waals surface area (Å²) in [6.07, 6.45) is 0. The normalized spacial score (nSPS) is 12.2. The molecule has 0 saturated carbocycles. The fourth-order valence-corrected chi connectivity index (χ4v) is 1.10. The van der Waals surface area contributed by atoms with E-state index in [1.165, 1.54) is 24.9 Å². The Morgan fingerprint density at radius 2 is 2.27 bits per heavy atom. The topological polar surface area (TPSA) is 107 Å². The summed E-state index contributed by atoms with van der Waals surface area (Å²) in [5.41, 5.74) is 5.65. The van der Waals surface area contributed by atoms with E-state index >= 15 is 0 Å². The molecule has 0 saturated heterocycles. The summed E-state index contributed by atoms with van der Waals surface area (Å²) >= 11 is 0. The number of aromatic nitrogens is 2. The van der Waals surface area contributed by atoms with Gasteiger partial charge in [0.2, 0.25) is 0 Å². The van der Waals surface area contributed by atoms with Gasteiger partial charge in [-0.15, -0.1) is 0 Å². The monoisotopic (exact) mass is 213 g/mol. The van der Waals surface area contributed by atoms with Crippen LogP contribution in [-0.4, -0.2) is 33.9 Å². The number of ether oxygens (including phenoxy) is 1. The number of carbonyl (C=O) groups is 2. The van der Waals surface area contributed by atoms with Crippen LogP contribution in [0.3, 0.4) is 0 Å². The summed E-state index contributed by atoms with van der Waals surface area (Å²) in [6.45, 7) is 0. The highest BCUT2D eigenvalue weighted by molar-refractivity contribution is 5.87. The van der Waals surface area contributed by atoms with E-state index in [1.807, 2.05) is 0 Å². The Labute approximate surface area is 85.4 Å². The molecule has 1 atom stereocenters. The fourth-order valence-electron chi connectivity index (χ4n) is 1.10. The van der Waals surface area contributed by atoms with Crippen molar-refractivity contribution in [2.24, 2.45) is 12.8 Å². The maximum atomic E-state index is 11.1. The summed E-state index contributed by atoms with van der Waals surface area (Å²) in [4.78, 5) is 21.7. The number of methoxy groups -OCH3 is 1. The molecule has 0 spiro atoms. The highest BCUT2D eigenvalue weighted by Crippen LogP contribution is 2.12. The highest BCUT2D eigenvalue weighted by Gasteiger charge is 2.21. The standard InChI is InChI=1S/C8H11N3O4/c1-11-5(6(9)7(12)13)3-4(10-11)8(14)15-2/h3,6H,9H2,1-2H3,(H,12,13). The number of nitrogens with zero attached hydrogens (tertiary/aromatic N) is 2. The Bertz CT molecular complexity index is 399. The van der Waals surface area contributed by atoms with E-state index in [0.717, 1.165) is 0 Å². The largest absolute Gasteiger partial charge is 0.480 e. The number of nitrogens with two attached hydrogens (primary N) is 1. The second-order valence-corrected chi connectivity index (χ2v) is 2.89. The van der Waals surface area contributed by atoms with Crippen molar-refractivity contribution in [3.63, 3.8) is 0 Å². The van der Waals surface area contributed by atoms with E-state index in [2.05, 4.69) is 9.84 Å². The van der Waals surface area contributed by atoms with Gasteiger partial charge < -0.3 is 15.6 Å². The first-order chi connectivity index (χ1) is 6.97. The molecule has 0 amide bonds. The van der Waals surface area contributed by atoms with Crippen LogP contribution in [0.5, 0.6) is 0 Å². The van der Waals surface area contributed by atoms with Crippen molar-refractivity contribution in [3.05, 3.63) is 17.5 Å². The van der Waals surface area contributed by atoms with Crippen molar-refractivity contribution in [1.82, 2.24) is 9.78 Å². The zero-order valence-corrected chi connectivity index (χ0v) is 8.30. The average Bonchev–Trinajstić information content (AvgIpc) is 2.57. The molecule has 1 aromatic rings. The molecule has 1 rings (SSSR count). The zero-order valence-electron chi connectivity index (χ0n) is 8.30. The van der Waals surface area contributed by atoms with E-state index in [1.54, 1.807) is 0 Å². The minimum absolute atomic E-state index is 0.0340. The van der Waals surface area contributed by atoms with Crippen molar-refractivity contribution in [2.75, 3.05) is 7.11 Å². The third kappa shape index (κ3) is 2.13. The van der Waals surface area contributed by atoms with Gasteiger partial charge in [-0.3, -0.25) is 9.48 Å². The van der Waals surface area contributed by atoms with Crippen LogP contribution in [0.15, 0.2) is 6.07 Å². The molecule has 0 radical (unpaired) electrons. The van der Waals surface area contributed by atoms with E-state index in [-0.39, 0.29) is 11.4 Å². The fraction of sp³-hybridized carbons (Fsp3) is 0.375. The van der Waals surface area contributed by atoms with Crippen molar-refractivity contribution in [3.8, 4) is 0 Å². The van der Waals surface area contributed by atoms with Crippen LogP contribution in [0.1, 0.15) is 22.2 Å². The molecule has 0 aliphatic carbocycles. The van der Waals surface area contributed by atoms with Crippen LogP contribution in [-0.2, 0) is 16.6 Å². The third-order valence-corrected chi connectivity index (χ3v) is 1.90. The summed E-state index contributed by atoms with van der Waals surface area (Å²) in [7, 11) is 2.72. The first kappa shape index (κ1) is 11.2. The molecule has 0 aromatic carbocycles. The predicted octanol–water partition coefficient (Wildman–Crippen LogP) is -0.709. The number of aliphatic carboxylic acids is 1. The maximum Gasteiger partial charge on any atom is 0.358 e. The van der Waals surface area contributed by atoms with Crippen LogP contribution in [0.25, 0.3) is 0 Å². The molecule has 1 unspecified atom stereocenters. The summed E-state index contributed by atoms with van der Waals surface area (Å²) in [6, 6.07) is 0.0888. The highest BCUT2D eigenvalue weighted by atomic mass is 16.5. The van der Waals surface area contributed by atoms with Gasteiger partial charge in [0.05, 0.1) is 12.8 Å². The van der Waals surface area contributed by atoms with Crippen molar-refractivity contribution >= 4 is 11.9 Å². The maximum absolute atomic E-state index is 11.1. The Balaban J connectivity index is 3.06. The summed E-state index contributed by atoms with van der Waals surface area (Å²) in [5.74, 6) is -1.82. The van der Waals surface area contributed by atoms with Crippen molar-refractivity contribution in [1.29, 1.82) is 0 Å². The van der Waals surface area contributed by atoms with E-state index in [0.29, 0.717) is 0 Å². The second kappa shape index (κ2) is 4.09. The smallest absolute Gasteiger partial charge is 0.358 e. The molecule has 7 heteroatoms. The third-order valence-electron chi connectivity index (χ3n) is 1.90. The van der Waals surface area contributed by atoms with Crippen molar-refractivity contribution in [2.45, 2.75) is 6.04 Å². The van der Waals surface area contributed by atoms with Gasteiger partial charge in [-0.1, -0.05) is 0 Å². The number of carboxylic acid groups (broad SMARTS) is 1. The van der Waals surface area contributed by atoms with E-state index < -0.39 is 18.0 Å². The zero-order chi connectivity index (χ0) is 11.6. The number of rotatable bonds is 3. The van der Waals surface area contributed by atoms with Gasteiger partial charge >= 0.3 is 11.9 Å². The average molecular weight is 213 g/mol. The Kier molecular flexibility index (Phi) is 3.05. The molecule has 0 aliphatic rings. The number of hydrogen-bond acceptors (Lipinski definition) is 5. The Morgan fingerprint density at radius 3 is 2.73 bits per heavy atom. The van der Waals surface area contributed by atoms with Crippen LogP contribution >= 0.6 is 0 Å². The molecule has 15 heavy (non-hydrogen) atoms. The van der Waals surface area contributed by atoms with Gasteiger partial charge in [0.25, 0.3) is 0 Å². The number of carboxylic acids is 1. The lowest BCUT2D eigenvalue weighted by atomic mass is 10.2. The van der Waals surface area contributed by atoms with Gasteiger partial charge in [-0.25, -0.2) is 4.79 Å². The number of hydrogen-bond donors (Lipinski definition) is 2. The molecule has 82 valence electrons. The molecule has 3 N–H and O–H groups in total. The lowest BCUT2D eigenvalue weighted by Gasteiger charge is -2.05. The number of aryl methyl sites for hydroxylation is 1. The van der Waals surface area contributed by atoms with Gasteiger partial charge in [-0.05, 0) is 6.07 Å². The molecule has 0 bridgehead atoms. The molecule has 1 heterocycles. The van der Waals surface area contributed by atoms with Crippen molar-refractivity contribution < 1.29 is 19.4 Å². The van der Waals surface area contributed by atoms with Gasteiger partial charge in [0.1, 0.15) is 6.04 Å². The molecule has 7 nitrogen and oxygen atoms in total. The Morgan fingerprint density at radius 1 is 1.67 bits per heavy atom. The number of esters is 1. The van der Waals surface area contributed by atoms with Gasteiger partial charge in [-0.2, -0.15) is 5.10 Å². The lowest BCUT2D eigenvalue weighted by Crippen LogP contribution is -2.23. The van der Waals surface area contributed by atoms with Crippen LogP contribution in [0, 0.1) is 0 Å². The van der Waals surface area contributed by atoms with E-state index in [4.69, 9.17) is 10.8 Å². The van der Waals surface area contributed by atoms with Crippen LogP contribution < -0.4 is 5.73 Å². The SMILES string of the molecule is COC(=O)c1cc(C(N)C(=O)O)n(C)n1. The van der Waals surface area contributed by atoms with Crippen LogP contribution in [0.2, 0.25) is 0 Å². The summed E-state index contributed by atoms with van der Waals surface area (Å²) < 4.78 is 5.68. The molecular weight excluding hydrogens is 202 g/mol. The minimum atomic E-state index is -1.21. The molecule has 0 aliphatic heterocycles. The lowest BCUT2D eigenvalue weighted by molar-refractivity contribution is -0.138. The molecular formula is C8H11N3O4. The van der Waals surface area contributed by atoms with Crippen LogP contribution in [0.4, 0.5) is 0 Å². The quantitative estimate of drug-likeness (QED) is 0.642. The minimum Gasteiger partial charge on any atom is -0.480 e. The number of carbonyl (C=O) groups excluding carboxylic acids is 1. The van der Waals surface area contributed by atoms with E-state index in [9.17, 15) is 9.59 Å². The predicted molar refractivity (Wildman–Crippen MR) is 49.1 cm³/mol. The second-order valence-electron chi connectivity index (χ2n) is 2.89. The molecule has 0 fully saturated rings.